The Labute approximate surface area is 377 Å². The van der Waals surface area contributed by atoms with Crippen molar-refractivity contribution in [3.63, 3.8) is 0 Å². The smallest absolute Gasteiger partial charge is 0.161 e. The minimum Gasteiger partial charge on any atom is -0.309 e. The lowest BCUT2D eigenvalue weighted by atomic mass is 9.92. The molecule has 0 N–H and O–H groups in total. The molecule has 9 aromatic carbocycles. The molecule has 6 heteroatoms. The molecular weight excluding hydrogens is 802 g/mol. The molecule has 0 unspecified atom stereocenters. The van der Waals surface area contributed by atoms with Gasteiger partial charge in [0.25, 0.3) is 0 Å². The summed E-state index contributed by atoms with van der Waals surface area (Å²) in [5.41, 5.74) is 16.0. The van der Waals surface area contributed by atoms with E-state index in [2.05, 4.69) is 161 Å². The number of aromatic nitrogens is 1. The highest BCUT2D eigenvalue weighted by Crippen LogP contribution is 2.53. The maximum absolute atomic E-state index is 7.12. The van der Waals surface area contributed by atoms with Gasteiger partial charge in [-0.25, -0.2) is 9.98 Å². The molecular formula is C58H40ClN5. The molecule has 5 nitrogen and oxygen atoms in total. The molecule has 1 aliphatic heterocycles. The second kappa shape index (κ2) is 16.6. The molecule has 0 radical (unpaired) electrons. The largest absolute Gasteiger partial charge is 0.309 e. The number of amidine groups is 2. The Morgan fingerprint density at radius 2 is 1.02 bits per heavy atom. The van der Waals surface area contributed by atoms with E-state index in [9.17, 15) is 0 Å². The molecule has 64 heavy (non-hydrogen) atoms. The highest BCUT2D eigenvalue weighted by Gasteiger charge is 2.28. The van der Waals surface area contributed by atoms with Crippen molar-refractivity contribution >= 4 is 68.9 Å². The van der Waals surface area contributed by atoms with Gasteiger partial charge in [-0.2, -0.15) is 0 Å². The highest BCUT2D eigenvalue weighted by atomic mass is 35.5. The van der Waals surface area contributed by atoms with E-state index >= 15 is 0 Å². The molecule has 0 bridgehead atoms. The fraction of sp³-hybridized carbons (Fsp3) is 0.0172. The summed E-state index contributed by atoms with van der Waals surface area (Å²) in [6.07, 6.45) is 0. The number of rotatable bonds is 7. The highest BCUT2D eigenvalue weighted by molar-refractivity contribution is 6.33. The summed E-state index contributed by atoms with van der Waals surface area (Å²) < 4.78 is 2.36. The lowest BCUT2D eigenvalue weighted by Gasteiger charge is -2.28. The zero-order valence-corrected chi connectivity index (χ0v) is 35.6. The molecule has 1 aliphatic rings. The Morgan fingerprint density at radius 3 is 1.73 bits per heavy atom. The summed E-state index contributed by atoms with van der Waals surface area (Å²) >= 11 is 7.12. The van der Waals surface area contributed by atoms with Crippen LogP contribution in [0.25, 0.3) is 60.9 Å². The van der Waals surface area contributed by atoms with E-state index < -0.39 is 0 Å². The van der Waals surface area contributed by atoms with Crippen molar-refractivity contribution < 1.29 is 0 Å². The van der Waals surface area contributed by atoms with Crippen molar-refractivity contribution in [1.82, 2.24) is 4.57 Å². The molecule has 0 aliphatic carbocycles. The van der Waals surface area contributed by atoms with Gasteiger partial charge in [-0.3, -0.25) is 4.99 Å². The summed E-state index contributed by atoms with van der Waals surface area (Å²) in [7, 11) is 0. The third kappa shape index (κ3) is 6.98. The van der Waals surface area contributed by atoms with E-state index in [1.54, 1.807) is 0 Å². The number of nitrogens with zero attached hydrogens (tertiary/aromatic N) is 5. The molecule has 0 saturated heterocycles. The molecule has 0 atom stereocenters. The molecule has 1 aromatic heterocycles. The zero-order valence-electron chi connectivity index (χ0n) is 34.8. The summed E-state index contributed by atoms with van der Waals surface area (Å²) in [6, 6.07) is 76.3. The Kier molecular flexibility index (Phi) is 10.1. The van der Waals surface area contributed by atoms with E-state index in [0.717, 1.165) is 72.8 Å². The number of para-hydroxylation sites is 3. The van der Waals surface area contributed by atoms with Crippen molar-refractivity contribution in [2.75, 3.05) is 4.90 Å². The van der Waals surface area contributed by atoms with E-state index in [4.69, 9.17) is 21.6 Å². The van der Waals surface area contributed by atoms with Crippen LogP contribution in [-0.2, 0) is 6.54 Å². The zero-order chi connectivity index (χ0) is 43.0. The average molecular weight is 842 g/mol. The van der Waals surface area contributed by atoms with Crippen LogP contribution in [0.15, 0.2) is 233 Å². The molecule has 0 spiro atoms. The number of hydrogen-bond acceptors (Lipinski definition) is 2. The summed E-state index contributed by atoms with van der Waals surface area (Å²) in [5, 5.41) is 3.10. The van der Waals surface area contributed by atoms with Crippen LogP contribution in [0, 0.1) is 0 Å². The van der Waals surface area contributed by atoms with Crippen LogP contribution in [-0.4, -0.2) is 23.0 Å². The van der Waals surface area contributed by atoms with Crippen LogP contribution in [0.1, 0.15) is 16.7 Å². The number of fused-ring (bicyclic) bond motifs is 8. The van der Waals surface area contributed by atoms with Gasteiger partial charge >= 0.3 is 0 Å². The minimum atomic E-state index is 0.398. The van der Waals surface area contributed by atoms with Crippen molar-refractivity contribution in [3.8, 4) is 39.1 Å². The van der Waals surface area contributed by atoms with Crippen LogP contribution >= 0.6 is 11.6 Å². The van der Waals surface area contributed by atoms with Crippen molar-refractivity contribution in [1.29, 1.82) is 0 Å². The Hall–Kier alpha value is -8.12. The van der Waals surface area contributed by atoms with Gasteiger partial charge in [0.05, 0.1) is 39.7 Å². The normalized spacial score (nSPS) is 12.4. The van der Waals surface area contributed by atoms with Crippen LogP contribution in [0.5, 0.6) is 0 Å². The predicted molar refractivity (Wildman–Crippen MR) is 270 cm³/mol. The summed E-state index contributed by atoms with van der Waals surface area (Å²) in [5.74, 6) is 1.10. The Balaban J connectivity index is 1.05. The van der Waals surface area contributed by atoms with E-state index in [1.807, 2.05) is 78.9 Å². The van der Waals surface area contributed by atoms with Gasteiger partial charge in [-0.1, -0.05) is 163 Å². The fourth-order valence-corrected chi connectivity index (χ4v) is 9.25. The topological polar surface area (TPSA) is 45.2 Å². The van der Waals surface area contributed by atoms with Crippen LogP contribution < -0.4 is 4.90 Å². The van der Waals surface area contributed by atoms with Gasteiger partial charge in [0.1, 0.15) is 0 Å². The second-order valence-corrected chi connectivity index (χ2v) is 16.2. The number of benzene rings is 9. The number of halogens is 1. The Bertz CT molecular complexity index is 3440. The molecule has 0 saturated carbocycles. The summed E-state index contributed by atoms with van der Waals surface area (Å²) in [6.45, 7) is 4.24. The van der Waals surface area contributed by atoms with Crippen LogP contribution in [0.3, 0.4) is 0 Å². The van der Waals surface area contributed by atoms with Gasteiger partial charge in [0.2, 0.25) is 0 Å². The van der Waals surface area contributed by atoms with Gasteiger partial charge < -0.3 is 9.47 Å². The van der Waals surface area contributed by atoms with E-state index in [0.29, 0.717) is 23.2 Å². The third-order valence-electron chi connectivity index (χ3n) is 12.0. The first kappa shape index (κ1) is 38.8. The maximum Gasteiger partial charge on any atom is 0.161 e. The number of anilines is 3. The minimum absolute atomic E-state index is 0.398. The molecule has 11 rings (SSSR count). The van der Waals surface area contributed by atoms with E-state index in [-0.39, 0.29) is 0 Å². The first-order valence-electron chi connectivity index (χ1n) is 21.3. The van der Waals surface area contributed by atoms with Gasteiger partial charge in [-0.05, 0) is 101 Å². The molecule has 0 fully saturated rings. The standard InChI is InChI=1S/C58H40ClN5/c1-60-57(40-17-5-2-6-18-40)62-58(41-19-7-3-8-20-41)61-38-39-29-32-54-48(35-39)45-23-11-12-24-46(45)49-36-42(31-34-55(49)64(54)56-28-16-14-26-51(56)59)43-30-33-53-50(37-43)47-25-13-15-27-52(47)63(53)44-21-9-4-10-22-44/h2-37H,1,38H2. The molecule has 2 heterocycles. The van der Waals surface area contributed by atoms with Crippen LogP contribution in [0.2, 0.25) is 5.02 Å². The Morgan fingerprint density at radius 1 is 0.453 bits per heavy atom. The lowest BCUT2D eigenvalue weighted by molar-refractivity contribution is 1.06. The molecule has 304 valence electrons. The maximum atomic E-state index is 7.12. The lowest BCUT2D eigenvalue weighted by Crippen LogP contribution is -2.11. The van der Waals surface area contributed by atoms with Gasteiger partial charge in [0.15, 0.2) is 11.7 Å². The quantitative estimate of drug-likeness (QED) is 0.116. The monoisotopic (exact) mass is 841 g/mol. The van der Waals surface area contributed by atoms with E-state index in [1.165, 1.54) is 21.8 Å². The first-order valence-corrected chi connectivity index (χ1v) is 21.7. The number of aliphatic imine (C=N–C) groups is 3. The van der Waals surface area contributed by atoms with Crippen LogP contribution in [0.4, 0.5) is 17.1 Å². The predicted octanol–water partition coefficient (Wildman–Crippen LogP) is 15.3. The molecule has 0 amide bonds. The summed E-state index contributed by atoms with van der Waals surface area (Å²) in [4.78, 5) is 16.7. The van der Waals surface area contributed by atoms with Crippen molar-refractivity contribution in [2.24, 2.45) is 15.0 Å². The second-order valence-electron chi connectivity index (χ2n) is 15.8. The fourth-order valence-electron chi connectivity index (χ4n) is 9.02. The first-order chi connectivity index (χ1) is 31.6. The van der Waals surface area contributed by atoms with Crippen molar-refractivity contribution in [2.45, 2.75) is 6.54 Å². The number of hydrogen-bond donors (Lipinski definition) is 0. The van der Waals surface area contributed by atoms with Crippen molar-refractivity contribution in [3.05, 3.63) is 240 Å². The molecule has 10 aromatic rings. The SMILES string of the molecule is C=NC(=NC(=NCc1ccc2c(c1)-c1ccccc1-c1cc(-c3ccc4c(c3)c3ccccc3n4-c3ccccc3)ccc1N2c1ccccc1Cl)c1ccccc1)c1ccccc1. The van der Waals surface area contributed by atoms with Gasteiger partial charge in [-0.15, -0.1) is 0 Å². The average Bonchev–Trinajstić information content (AvgIpc) is 3.63. The third-order valence-corrected chi connectivity index (χ3v) is 12.3. The van der Waals surface area contributed by atoms with Gasteiger partial charge in [0, 0.05) is 38.7 Å².